The molecule has 2 rings (SSSR count). The van der Waals surface area contributed by atoms with E-state index >= 15 is 0 Å². The van der Waals surface area contributed by atoms with Gasteiger partial charge in [-0.15, -0.1) is 0 Å². The topological polar surface area (TPSA) is 64.3 Å². The molecule has 2 unspecified atom stereocenters. The average Bonchev–Trinajstić information content (AvgIpc) is 2.74. The van der Waals surface area contributed by atoms with Gasteiger partial charge in [0.2, 0.25) is 5.91 Å². The molecule has 4 nitrogen and oxygen atoms in total. The number of amides is 1. The van der Waals surface area contributed by atoms with Crippen LogP contribution in [0, 0.1) is 0 Å². The lowest BCUT2D eigenvalue weighted by atomic mass is 10.1. The van der Waals surface area contributed by atoms with Crippen molar-refractivity contribution in [3.63, 3.8) is 0 Å². The highest BCUT2D eigenvalue weighted by Gasteiger charge is 2.21. The Morgan fingerprint density at radius 2 is 2.11 bits per heavy atom. The summed E-state index contributed by atoms with van der Waals surface area (Å²) in [6.45, 7) is 2.94. The third kappa shape index (κ3) is 3.74. The monoisotopic (exact) mass is 248 g/mol. The highest BCUT2D eigenvalue weighted by molar-refractivity contribution is 5.76. The summed E-state index contributed by atoms with van der Waals surface area (Å²) >= 11 is 0. The van der Waals surface area contributed by atoms with Gasteiger partial charge in [0.1, 0.15) is 0 Å². The number of ether oxygens (including phenoxy) is 1. The molecule has 1 heterocycles. The standard InChI is InChI=1S/C14H20N2O2/c1-10-2-7-13(18-10)9-16-12-5-3-11(4-6-12)8-14(15)17/h3-6,10,13,16H,2,7-9H2,1H3,(H2,15,17). The minimum Gasteiger partial charge on any atom is -0.382 e. The van der Waals surface area contributed by atoms with Crippen molar-refractivity contribution in [1.82, 2.24) is 0 Å². The molecule has 0 bridgehead atoms. The van der Waals surface area contributed by atoms with Crippen LogP contribution in [0.25, 0.3) is 0 Å². The summed E-state index contributed by atoms with van der Waals surface area (Å²) in [5, 5.41) is 3.35. The number of carbonyl (C=O) groups is 1. The van der Waals surface area contributed by atoms with Crippen LogP contribution < -0.4 is 11.1 Å². The molecule has 0 aliphatic carbocycles. The lowest BCUT2D eigenvalue weighted by Gasteiger charge is -2.13. The molecule has 18 heavy (non-hydrogen) atoms. The number of nitrogens with two attached hydrogens (primary N) is 1. The first-order chi connectivity index (χ1) is 8.63. The molecule has 1 aromatic carbocycles. The van der Waals surface area contributed by atoms with Gasteiger partial charge in [0.05, 0.1) is 18.6 Å². The van der Waals surface area contributed by atoms with Crippen molar-refractivity contribution in [3.05, 3.63) is 29.8 Å². The summed E-state index contributed by atoms with van der Waals surface area (Å²) in [5.74, 6) is -0.302. The third-order valence-corrected chi connectivity index (χ3v) is 3.19. The molecule has 4 heteroatoms. The van der Waals surface area contributed by atoms with Gasteiger partial charge in [0, 0.05) is 12.2 Å². The van der Waals surface area contributed by atoms with Gasteiger partial charge in [-0.1, -0.05) is 12.1 Å². The van der Waals surface area contributed by atoms with Gasteiger partial charge < -0.3 is 15.8 Å². The predicted octanol–water partition coefficient (Wildman–Crippen LogP) is 1.69. The van der Waals surface area contributed by atoms with E-state index in [1.54, 1.807) is 0 Å². The van der Waals surface area contributed by atoms with Crippen LogP contribution in [0.2, 0.25) is 0 Å². The zero-order chi connectivity index (χ0) is 13.0. The second-order valence-corrected chi connectivity index (χ2v) is 4.87. The van der Waals surface area contributed by atoms with Crippen molar-refractivity contribution in [2.75, 3.05) is 11.9 Å². The van der Waals surface area contributed by atoms with Crippen LogP contribution in [0.15, 0.2) is 24.3 Å². The minimum atomic E-state index is -0.302. The van der Waals surface area contributed by atoms with Crippen molar-refractivity contribution >= 4 is 11.6 Å². The number of benzene rings is 1. The summed E-state index contributed by atoms with van der Waals surface area (Å²) < 4.78 is 5.74. The number of carbonyl (C=O) groups excluding carboxylic acids is 1. The van der Waals surface area contributed by atoms with Gasteiger partial charge in [0.15, 0.2) is 0 Å². The maximum absolute atomic E-state index is 10.8. The minimum absolute atomic E-state index is 0.295. The molecule has 3 N–H and O–H groups in total. The number of hydrogen-bond donors (Lipinski definition) is 2. The molecule has 1 saturated heterocycles. The number of hydrogen-bond acceptors (Lipinski definition) is 3. The Labute approximate surface area is 108 Å². The van der Waals surface area contributed by atoms with E-state index in [1.165, 1.54) is 0 Å². The van der Waals surface area contributed by atoms with Crippen molar-refractivity contribution in [3.8, 4) is 0 Å². The molecule has 1 aliphatic heterocycles. The second kappa shape index (κ2) is 5.87. The first-order valence-corrected chi connectivity index (χ1v) is 6.40. The number of rotatable bonds is 5. The number of nitrogens with one attached hydrogen (secondary N) is 1. The van der Waals surface area contributed by atoms with Crippen molar-refractivity contribution in [2.45, 2.75) is 38.4 Å². The molecule has 1 fully saturated rings. The Balaban J connectivity index is 1.81. The van der Waals surface area contributed by atoms with Gasteiger partial charge in [-0.25, -0.2) is 0 Å². The fourth-order valence-electron chi connectivity index (χ4n) is 2.21. The zero-order valence-corrected chi connectivity index (χ0v) is 10.7. The van der Waals surface area contributed by atoms with Gasteiger partial charge in [-0.3, -0.25) is 4.79 Å². The van der Waals surface area contributed by atoms with Crippen LogP contribution in [0.1, 0.15) is 25.3 Å². The van der Waals surface area contributed by atoms with E-state index in [0.717, 1.165) is 30.6 Å². The first kappa shape index (κ1) is 12.9. The summed E-state index contributed by atoms with van der Waals surface area (Å²) in [6.07, 6.45) is 3.25. The molecule has 0 radical (unpaired) electrons. The summed E-state index contributed by atoms with van der Waals surface area (Å²) in [4.78, 5) is 10.8. The van der Waals surface area contributed by atoms with E-state index in [2.05, 4.69) is 12.2 Å². The third-order valence-electron chi connectivity index (χ3n) is 3.19. The van der Waals surface area contributed by atoms with E-state index in [9.17, 15) is 4.79 Å². The van der Waals surface area contributed by atoms with E-state index in [0.29, 0.717) is 18.6 Å². The Morgan fingerprint density at radius 1 is 1.39 bits per heavy atom. The molecule has 1 amide bonds. The average molecular weight is 248 g/mol. The van der Waals surface area contributed by atoms with Crippen LogP contribution in [-0.2, 0) is 16.0 Å². The number of anilines is 1. The zero-order valence-electron chi connectivity index (χ0n) is 10.7. The van der Waals surface area contributed by atoms with Gasteiger partial charge in [-0.05, 0) is 37.5 Å². The van der Waals surface area contributed by atoms with E-state index in [4.69, 9.17) is 10.5 Å². The van der Waals surface area contributed by atoms with Crippen molar-refractivity contribution in [1.29, 1.82) is 0 Å². The summed E-state index contributed by atoms with van der Waals surface area (Å²) in [6, 6.07) is 7.78. The largest absolute Gasteiger partial charge is 0.382 e. The second-order valence-electron chi connectivity index (χ2n) is 4.87. The smallest absolute Gasteiger partial charge is 0.221 e. The molecule has 0 aromatic heterocycles. The highest BCUT2D eigenvalue weighted by atomic mass is 16.5. The van der Waals surface area contributed by atoms with E-state index < -0.39 is 0 Å². The summed E-state index contributed by atoms with van der Waals surface area (Å²) in [7, 11) is 0. The lowest BCUT2D eigenvalue weighted by Crippen LogP contribution is -2.19. The Bertz CT molecular complexity index is 403. The highest BCUT2D eigenvalue weighted by Crippen LogP contribution is 2.19. The Hall–Kier alpha value is -1.55. The van der Waals surface area contributed by atoms with Crippen molar-refractivity contribution in [2.24, 2.45) is 5.73 Å². The normalized spacial score (nSPS) is 22.9. The molecule has 1 aromatic rings. The SMILES string of the molecule is CC1CCC(CNc2ccc(CC(N)=O)cc2)O1. The van der Waals surface area contributed by atoms with Crippen LogP contribution >= 0.6 is 0 Å². The quantitative estimate of drug-likeness (QED) is 0.833. The van der Waals surface area contributed by atoms with Crippen molar-refractivity contribution < 1.29 is 9.53 Å². The van der Waals surface area contributed by atoms with Crippen LogP contribution in [0.3, 0.4) is 0 Å². The molecular formula is C14H20N2O2. The molecule has 2 atom stereocenters. The van der Waals surface area contributed by atoms with Crippen LogP contribution in [-0.4, -0.2) is 24.7 Å². The van der Waals surface area contributed by atoms with Gasteiger partial charge in [0.25, 0.3) is 0 Å². The van der Waals surface area contributed by atoms with Gasteiger partial charge >= 0.3 is 0 Å². The van der Waals surface area contributed by atoms with Gasteiger partial charge in [-0.2, -0.15) is 0 Å². The molecule has 0 spiro atoms. The van der Waals surface area contributed by atoms with E-state index in [-0.39, 0.29) is 5.91 Å². The molecule has 98 valence electrons. The molecule has 1 aliphatic rings. The Kier molecular flexibility index (Phi) is 4.20. The summed E-state index contributed by atoms with van der Waals surface area (Å²) in [5.41, 5.74) is 7.14. The maximum Gasteiger partial charge on any atom is 0.221 e. The first-order valence-electron chi connectivity index (χ1n) is 6.40. The predicted molar refractivity (Wildman–Crippen MR) is 71.4 cm³/mol. The maximum atomic E-state index is 10.8. The fraction of sp³-hybridized carbons (Fsp3) is 0.500. The Morgan fingerprint density at radius 3 is 2.67 bits per heavy atom. The molecular weight excluding hydrogens is 228 g/mol. The number of primary amides is 1. The molecule has 0 saturated carbocycles. The van der Waals surface area contributed by atoms with E-state index in [1.807, 2.05) is 24.3 Å². The van der Waals surface area contributed by atoms with Crippen LogP contribution in [0.4, 0.5) is 5.69 Å². The lowest BCUT2D eigenvalue weighted by molar-refractivity contribution is -0.117. The fourth-order valence-corrected chi connectivity index (χ4v) is 2.21. The van der Waals surface area contributed by atoms with Crippen LogP contribution in [0.5, 0.6) is 0 Å².